The van der Waals surface area contributed by atoms with Crippen LogP contribution < -0.4 is 20.9 Å². The lowest BCUT2D eigenvalue weighted by atomic mass is 10.1. The van der Waals surface area contributed by atoms with Crippen molar-refractivity contribution in [3.05, 3.63) is 23.3 Å². The van der Waals surface area contributed by atoms with Gasteiger partial charge in [0.25, 0.3) is 5.91 Å². The van der Waals surface area contributed by atoms with Crippen molar-refractivity contribution < 1.29 is 32.2 Å². The molecule has 0 saturated heterocycles. The first-order valence-electron chi connectivity index (χ1n) is 5.68. The molecule has 0 radical (unpaired) electrons. The SMILES string of the molecule is COc1cc(OC(C)=O)c(C(F)(F)F)cc1C(=O)N=C(N)N. The lowest BCUT2D eigenvalue weighted by Gasteiger charge is -2.15. The number of guanidine groups is 1. The maximum Gasteiger partial charge on any atom is 0.420 e. The summed E-state index contributed by atoms with van der Waals surface area (Å²) in [6.07, 6.45) is -4.87. The Morgan fingerprint density at radius 3 is 2.18 bits per heavy atom. The second-order valence-electron chi connectivity index (χ2n) is 3.98. The molecular formula is C12H12F3N3O4. The number of aliphatic imine (C=N–C) groups is 1. The molecule has 0 atom stereocenters. The van der Waals surface area contributed by atoms with Gasteiger partial charge in [-0.05, 0) is 6.07 Å². The number of carbonyl (C=O) groups excluding carboxylic acids is 2. The van der Waals surface area contributed by atoms with E-state index in [0.29, 0.717) is 6.07 Å². The Bertz CT molecular complexity index is 637. The van der Waals surface area contributed by atoms with Crippen LogP contribution in [0.2, 0.25) is 0 Å². The molecule has 0 fully saturated rings. The molecule has 22 heavy (non-hydrogen) atoms. The van der Waals surface area contributed by atoms with E-state index >= 15 is 0 Å². The molecule has 1 amide bonds. The molecule has 0 aliphatic carbocycles. The smallest absolute Gasteiger partial charge is 0.420 e. The number of hydrogen-bond donors (Lipinski definition) is 2. The number of hydrogen-bond acceptors (Lipinski definition) is 4. The molecule has 1 rings (SSSR count). The molecule has 1 aromatic rings. The number of esters is 1. The van der Waals surface area contributed by atoms with Gasteiger partial charge in [0.2, 0.25) is 0 Å². The van der Waals surface area contributed by atoms with E-state index in [1.165, 1.54) is 0 Å². The first kappa shape index (κ1) is 17.3. The maximum atomic E-state index is 13.0. The Morgan fingerprint density at radius 2 is 1.77 bits per heavy atom. The Hall–Kier alpha value is -2.78. The highest BCUT2D eigenvalue weighted by Crippen LogP contribution is 2.40. The number of ether oxygens (including phenoxy) is 2. The summed E-state index contributed by atoms with van der Waals surface area (Å²) in [7, 11) is 1.12. The summed E-state index contributed by atoms with van der Waals surface area (Å²) in [6.45, 7) is 0.936. The van der Waals surface area contributed by atoms with E-state index in [1.54, 1.807) is 0 Å². The van der Waals surface area contributed by atoms with Crippen molar-refractivity contribution >= 4 is 17.8 Å². The van der Waals surface area contributed by atoms with Crippen molar-refractivity contribution in [2.75, 3.05) is 7.11 Å². The number of carbonyl (C=O) groups is 2. The van der Waals surface area contributed by atoms with Crippen LogP contribution in [0.3, 0.4) is 0 Å². The van der Waals surface area contributed by atoms with Crippen LogP contribution in [0.1, 0.15) is 22.8 Å². The topological polar surface area (TPSA) is 117 Å². The van der Waals surface area contributed by atoms with Crippen molar-refractivity contribution in [1.82, 2.24) is 0 Å². The molecular weight excluding hydrogens is 307 g/mol. The monoisotopic (exact) mass is 319 g/mol. The molecule has 0 heterocycles. The van der Waals surface area contributed by atoms with Crippen molar-refractivity contribution in [2.45, 2.75) is 13.1 Å². The average Bonchev–Trinajstić information content (AvgIpc) is 2.35. The van der Waals surface area contributed by atoms with Crippen LogP contribution in [0.15, 0.2) is 17.1 Å². The predicted octanol–water partition coefficient (Wildman–Crippen LogP) is 1.05. The molecule has 4 N–H and O–H groups in total. The minimum atomic E-state index is -4.87. The number of rotatable bonds is 3. The Kier molecular flexibility index (Phi) is 4.97. The normalized spacial score (nSPS) is 10.8. The highest BCUT2D eigenvalue weighted by molar-refractivity contribution is 6.04. The minimum absolute atomic E-state index is 0.278. The van der Waals surface area contributed by atoms with E-state index in [-0.39, 0.29) is 5.75 Å². The van der Waals surface area contributed by atoms with Crippen LogP contribution in [0.4, 0.5) is 13.2 Å². The molecule has 0 bridgehead atoms. The number of halogens is 3. The number of nitrogens with two attached hydrogens (primary N) is 2. The summed E-state index contributed by atoms with van der Waals surface area (Å²) >= 11 is 0. The summed E-state index contributed by atoms with van der Waals surface area (Å²) in [5, 5.41) is 0. The van der Waals surface area contributed by atoms with Gasteiger partial charge >= 0.3 is 12.1 Å². The second-order valence-corrected chi connectivity index (χ2v) is 3.98. The van der Waals surface area contributed by atoms with E-state index in [2.05, 4.69) is 9.73 Å². The zero-order valence-corrected chi connectivity index (χ0v) is 11.5. The van der Waals surface area contributed by atoms with Gasteiger partial charge in [0, 0.05) is 13.0 Å². The van der Waals surface area contributed by atoms with Crippen LogP contribution in [-0.2, 0) is 11.0 Å². The molecule has 10 heteroatoms. The summed E-state index contributed by atoms with van der Waals surface area (Å²) in [5.41, 5.74) is 8.17. The fraction of sp³-hybridized carbons (Fsp3) is 0.250. The lowest BCUT2D eigenvalue weighted by molar-refractivity contribution is -0.141. The van der Waals surface area contributed by atoms with E-state index in [9.17, 15) is 22.8 Å². The zero-order valence-electron chi connectivity index (χ0n) is 11.5. The Morgan fingerprint density at radius 1 is 1.18 bits per heavy atom. The van der Waals surface area contributed by atoms with E-state index < -0.39 is 40.9 Å². The van der Waals surface area contributed by atoms with Gasteiger partial charge in [0.05, 0.1) is 18.2 Å². The molecule has 0 spiro atoms. The highest BCUT2D eigenvalue weighted by atomic mass is 19.4. The second kappa shape index (κ2) is 6.33. The van der Waals surface area contributed by atoms with Crippen LogP contribution in [0.25, 0.3) is 0 Å². The van der Waals surface area contributed by atoms with Crippen LogP contribution >= 0.6 is 0 Å². The predicted molar refractivity (Wildman–Crippen MR) is 69.4 cm³/mol. The number of nitrogens with zero attached hydrogens (tertiary/aromatic N) is 1. The molecule has 0 saturated carbocycles. The van der Waals surface area contributed by atoms with Gasteiger partial charge in [0.15, 0.2) is 5.96 Å². The molecule has 0 aromatic heterocycles. The van der Waals surface area contributed by atoms with E-state index in [0.717, 1.165) is 20.1 Å². The number of methoxy groups -OCH3 is 1. The summed E-state index contributed by atoms with van der Waals surface area (Å²) < 4.78 is 48.3. The van der Waals surface area contributed by atoms with Gasteiger partial charge in [-0.15, -0.1) is 0 Å². The first-order chi connectivity index (χ1) is 10.1. The third kappa shape index (κ3) is 4.11. The summed E-state index contributed by atoms with van der Waals surface area (Å²) in [5.74, 6) is -3.78. The third-order valence-electron chi connectivity index (χ3n) is 2.32. The van der Waals surface area contributed by atoms with Crippen LogP contribution in [0.5, 0.6) is 11.5 Å². The molecule has 0 aliphatic heterocycles. The highest BCUT2D eigenvalue weighted by Gasteiger charge is 2.37. The molecule has 0 unspecified atom stereocenters. The summed E-state index contributed by atoms with van der Waals surface area (Å²) in [4.78, 5) is 25.8. The average molecular weight is 319 g/mol. The van der Waals surface area contributed by atoms with Gasteiger partial charge in [-0.3, -0.25) is 9.59 Å². The Labute approximate surface area is 122 Å². The number of alkyl halides is 3. The van der Waals surface area contributed by atoms with E-state index in [4.69, 9.17) is 16.2 Å². The number of benzene rings is 1. The first-order valence-corrected chi connectivity index (χ1v) is 5.68. The van der Waals surface area contributed by atoms with Gasteiger partial charge in [-0.1, -0.05) is 0 Å². The van der Waals surface area contributed by atoms with Crippen LogP contribution in [-0.4, -0.2) is 24.9 Å². The van der Waals surface area contributed by atoms with Gasteiger partial charge < -0.3 is 20.9 Å². The Balaban J connectivity index is 3.56. The fourth-order valence-corrected chi connectivity index (χ4v) is 1.54. The molecule has 7 nitrogen and oxygen atoms in total. The number of amides is 1. The molecule has 0 aliphatic rings. The van der Waals surface area contributed by atoms with Crippen molar-refractivity contribution in [3.8, 4) is 11.5 Å². The van der Waals surface area contributed by atoms with Crippen molar-refractivity contribution in [2.24, 2.45) is 16.5 Å². The van der Waals surface area contributed by atoms with Crippen molar-refractivity contribution in [1.29, 1.82) is 0 Å². The van der Waals surface area contributed by atoms with Crippen LogP contribution in [0, 0.1) is 0 Å². The zero-order chi connectivity index (χ0) is 17.1. The van der Waals surface area contributed by atoms with Gasteiger partial charge in [-0.25, -0.2) is 0 Å². The standard InChI is InChI=1S/C12H12F3N3O4/c1-5(19)22-9-4-8(21-2)6(10(20)18-11(16)17)3-7(9)12(13,14)15/h3-4H,1-2H3,(H4,16,17,18,20). The van der Waals surface area contributed by atoms with E-state index in [1.807, 2.05) is 0 Å². The largest absolute Gasteiger partial charge is 0.496 e. The maximum absolute atomic E-state index is 13.0. The molecule has 1 aromatic carbocycles. The van der Waals surface area contributed by atoms with Gasteiger partial charge in [0.1, 0.15) is 11.5 Å². The quantitative estimate of drug-likeness (QED) is 0.372. The van der Waals surface area contributed by atoms with Gasteiger partial charge in [-0.2, -0.15) is 18.2 Å². The summed E-state index contributed by atoms with van der Waals surface area (Å²) in [6, 6.07) is 1.21. The lowest BCUT2D eigenvalue weighted by Crippen LogP contribution is -2.24. The minimum Gasteiger partial charge on any atom is -0.496 e. The van der Waals surface area contributed by atoms with Crippen molar-refractivity contribution in [3.63, 3.8) is 0 Å². The third-order valence-corrected chi connectivity index (χ3v) is 2.32. The fourth-order valence-electron chi connectivity index (χ4n) is 1.54. The molecule has 120 valence electrons.